The van der Waals surface area contributed by atoms with Crippen molar-refractivity contribution < 1.29 is 9.53 Å². The Labute approximate surface area is 169 Å². The molecule has 6 heteroatoms. The zero-order valence-electron chi connectivity index (χ0n) is 15.3. The highest BCUT2D eigenvalue weighted by atomic mass is 35.5. The number of halogens is 1. The first-order valence-corrected chi connectivity index (χ1v) is 10.4. The number of hydrogen-bond donors (Lipinski definition) is 1. The molecule has 2 aromatic rings. The van der Waals surface area contributed by atoms with Crippen LogP contribution in [0.2, 0.25) is 5.02 Å². The van der Waals surface area contributed by atoms with Gasteiger partial charge in [0.25, 0.3) is 0 Å². The number of hydrogen-bond acceptors (Lipinski definition) is 4. The van der Waals surface area contributed by atoms with Crippen LogP contribution < -0.4 is 10.1 Å². The van der Waals surface area contributed by atoms with Crippen LogP contribution in [0.25, 0.3) is 6.08 Å². The molecule has 0 unspecified atom stereocenters. The summed E-state index contributed by atoms with van der Waals surface area (Å²) >= 11 is 8.03. The Balaban J connectivity index is 1.68. The molecule has 27 heavy (non-hydrogen) atoms. The lowest BCUT2D eigenvalue weighted by Crippen LogP contribution is -2.32. The van der Waals surface area contributed by atoms with Crippen LogP contribution in [0.4, 0.5) is 5.69 Å². The van der Waals surface area contributed by atoms with E-state index in [0.29, 0.717) is 10.8 Å². The molecule has 1 N–H and O–H groups in total. The van der Waals surface area contributed by atoms with Gasteiger partial charge in [0, 0.05) is 53.5 Å². The van der Waals surface area contributed by atoms with Gasteiger partial charge in [-0.1, -0.05) is 29.8 Å². The smallest absolute Gasteiger partial charge is 0.248 e. The topological polar surface area (TPSA) is 41.6 Å². The van der Waals surface area contributed by atoms with Gasteiger partial charge in [0.05, 0.1) is 7.11 Å². The number of ether oxygens (including phenoxy) is 1. The number of anilines is 1. The lowest BCUT2D eigenvalue weighted by Gasteiger charge is -2.27. The second kappa shape index (κ2) is 9.83. The molecule has 1 fully saturated rings. The highest BCUT2D eigenvalue weighted by Gasteiger charge is 2.13. The molecule has 1 saturated heterocycles. The first-order valence-electron chi connectivity index (χ1n) is 8.86. The van der Waals surface area contributed by atoms with Crippen molar-refractivity contribution in [3.63, 3.8) is 0 Å². The van der Waals surface area contributed by atoms with Crippen LogP contribution in [0, 0.1) is 0 Å². The van der Waals surface area contributed by atoms with Gasteiger partial charge in [-0.05, 0) is 35.9 Å². The number of benzene rings is 2. The van der Waals surface area contributed by atoms with Crippen LogP contribution in [-0.4, -0.2) is 42.5 Å². The standard InChI is InChI=1S/C21H23ClN2O2S/c1-26-20-8-7-18(22)14-16(20)6-9-21(25)23-19-5-3-2-4-17(19)15-24-10-12-27-13-11-24/h2-9,14H,10-13,15H2,1H3,(H,23,25)/b9-6+. The van der Waals surface area contributed by atoms with Gasteiger partial charge in [-0.2, -0.15) is 11.8 Å². The second-order valence-corrected chi connectivity index (χ2v) is 7.92. The summed E-state index contributed by atoms with van der Waals surface area (Å²) in [6.45, 7) is 3.02. The largest absolute Gasteiger partial charge is 0.496 e. The lowest BCUT2D eigenvalue weighted by atomic mass is 10.1. The molecule has 1 aliphatic rings. The number of nitrogens with zero attached hydrogens (tertiary/aromatic N) is 1. The summed E-state index contributed by atoms with van der Waals surface area (Å²) in [7, 11) is 1.59. The molecular weight excluding hydrogens is 380 g/mol. The number of carbonyl (C=O) groups is 1. The third-order valence-electron chi connectivity index (χ3n) is 4.38. The van der Waals surface area contributed by atoms with Crippen molar-refractivity contribution in [1.29, 1.82) is 0 Å². The molecule has 0 radical (unpaired) electrons. The van der Waals surface area contributed by atoms with Gasteiger partial charge in [-0.3, -0.25) is 9.69 Å². The number of rotatable bonds is 6. The summed E-state index contributed by atoms with van der Waals surface area (Å²) in [5, 5.41) is 3.59. The number of amides is 1. The molecule has 142 valence electrons. The van der Waals surface area contributed by atoms with Crippen molar-refractivity contribution in [2.24, 2.45) is 0 Å². The van der Waals surface area contributed by atoms with Crippen LogP contribution in [0.3, 0.4) is 0 Å². The predicted octanol–water partition coefficient (Wildman–Crippen LogP) is 4.55. The van der Waals surface area contributed by atoms with Crippen LogP contribution in [0.15, 0.2) is 48.5 Å². The summed E-state index contributed by atoms with van der Waals surface area (Å²) in [5.41, 5.74) is 2.74. The molecule has 0 atom stereocenters. The Kier molecular flexibility index (Phi) is 7.21. The van der Waals surface area contributed by atoms with E-state index in [0.717, 1.165) is 36.4 Å². The maximum absolute atomic E-state index is 12.4. The van der Waals surface area contributed by atoms with Gasteiger partial charge < -0.3 is 10.1 Å². The summed E-state index contributed by atoms with van der Waals surface area (Å²) in [4.78, 5) is 14.9. The molecule has 1 aliphatic heterocycles. The van der Waals surface area contributed by atoms with Crippen molar-refractivity contribution in [2.75, 3.05) is 37.0 Å². The van der Waals surface area contributed by atoms with Gasteiger partial charge >= 0.3 is 0 Å². The first-order chi connectivity index (χ1) is 13.2. The van der Waals surface area contributed by atoms with E-state index in [1.165, 1.54) is 17.6 Å². The average Bonchev–Trinajstić information content (AvgIpc) is 2.69. The average molecular weight is 403 g/mol. The van der Waals surface area contributed by atoms with Gasteiger partial charge in [0.1, 0.15) is 5.75 Å². The molecule has 0 bridgehead atoms. The first kappa shape index (κ1) is 19.8. The maximum Gasteiger partial charge on any atom is 0.248 e. The van der Waals surface area contributed by atoms with E-state index in [9.17, 15) is 4.79 Å². The van der Waals surface area contributed by atoms with E-state index < -0.39 is 0 Å². The van der Waals surface area contributed by atoms with Gasteiger partial charge in [0.15, 0.2) is 0 Å². The molecule has 3 rings (SSSR count). The number of para-hydroxylation sites is 1. The molecule has 1 heterocycles. The minimum atomic E-state index is -0.182. The Hall–Kier alpha value is -1.95. The monoisotopic (exact) mass is 402 g/mol. The Bertz CT molecular complexity index is 820. The molecule has 0 aliphatic carbocycles. The molecule has 0 aromatic heterocycles. The predicted molar refractivity (Wildman–Crippen MR) is 115 cm³/mol. The number of thioether (sulfide) groups is 1. The quantitative estimate of drug-likeness (QED) is 0.720. The molecule has 0 saturated carbocycles. The van der Waals surface area contributed by atoms with Crippen molar-refractivity contribution in [3.05, 3.63) is 64.7 Å². The summed E-state index contributed by atoms with van der Waals surface area (Å²) in [5.74, 6) is 2.82. The molecule has 4 nitrogen and oxygen atoms in total. The van der Waals surface area contributed by atoms with E-state index >= 15 is 0 Å². The fraction of sp³-hybridized carbons (Fsp3) is 0.286. The second-order valence-electron chi connectivity index (χ2n) is 6.25. The molecular formula is C21H23ClN2O2S. The van der Waals surface area contributed by atoms with Crippen molar-refractivity contribution in [2.45, 2.75) is 6.54 Å². The third-order valence-corrected chi connectivity index (χ3v) is 5.56. The summed E-state index contributed by atoms with van der Waals surface area (Å²) in [6, 6.07) is 13.3. The highest BCUT2D eigenvalue weighted by molar-refractivity contribution is 7.99. The Morgan fingerprint density at radius 2 is 2.04 bits per heavy atom. The molecule has 0 spiro atoms. The fourth-order valence-electron chi connectivity index (χ4n) is 2.96. The maximum atomic E-state index is 12.4. The lowest BCUT2D eigenvalue weighted by molar-refractivity contribution is -0.111. The van der Waals surface area contributed by atoms with Gasteiger partial charge in [-0.15, -0.1) is 0 Å². The van der Waals surface area contributed by atoms with Crippen LogP contribution in [0.1, 0.15) is 11.1 Å². The van der Waals surface area contributed by atoms with Crippen LogP contribution in [0.5, 0.6) is 5.75 Å². The normalized spacial score (nSPS) is 15.0. The zero-order chi connectivity index (χ0) is 19.1. The van der Waals surface area contributed by atoms with E-state index in [1.54, 1.807) is 31.4 Å². The summed E-state index contributed by atoms with van der Waals surface area (Å²) < 4.78 is 5.31. The number of methoxy groups -OCH3 is 1. The molecule has 2 aromatic carbocycles. The minimum absolute atomic E-state index is 0.182. The van der Waals surface area contributed by atoms with Crippen LogP contribution in [-0.2, 0) is 11.3 Å². The van der Waals surface area contributed by atoms with Gasteiger partial charge in [0.2, 0.25) is 5.91 Å². The third kappa shape index (κ3) is 5.76. The SMILES string of the molecule is COc1ccc(Cl)cc1/C=C/C(=O)Nc1ccccc1CN1CCSCC1. The number of nitrogens with one attached hydrogen (secondary N) is 1. The fourth-order valence-corrected chi connectivity index (χ4v) is 4.11. The van der Waals surface area contributed by atoms with Crippen molar-refractivity contribution in [3.8, 4) is 5.75 Å². The van der Waals surface area contributed by atoms with E-state index in [-0.39, 0.29) is 5.91 Å². The van der Waals surface area contributed by atoms with Crippen molar-refractivity contribution >= 4 is 41.0 Å². The Morgan fingerprint density at radius 1 is 1.26 bits per heavy atom. The van der Waals surface area contributed by atoms with Crippen molar-refractivity contribution in [1.82, 2.24) is 4.90 Å². The molecule has 1 amide bonds. The van der Waals surface area contributed by atoms with E-state index in [2.05, 4.69) is 16.3 Å². The zero-order valence-corrected chi connectivity index (χ0v) is 16.9. The summed E-state index contributed by atoms with van der Waals surface area (Å²) in [6.07, 6.45) is 3.22. The van der Waals surface area contributed by atoms with Crippen LogP contribution >= 0.6 is 23.4 Å². The Morgan fingerprint density at radius 3 is 2.81 bits per heavy atom. The minimum Gasteiger partial charge on any atom is -0.496 e. The highest BCUT2D eigenvalue weighted by Crippen LogP contribution is 2.24. The van der Waals surface area contributed by atoms with Gasteiger partial charge in [-0.25, -0.2) is 0 Å². The van der Waals surface area contributed by atoms with E-state index in [1.807, 2.05) is 30.0 Å². The number of carbonyl (C=O) groups excluding carboxylic acids is 1. The van der Waals surface area contributed by atoms with E-state index in [4.69, 9.17) is 16.3 Å².